The summed E-state index contributed by atoms with van der Waals surface area (Å²) in [6.45, 7) is 0. The summed E-state index contributed by atoms with van der Waals surface area (Å²) in [7, 11) is 0. The molecule has 0 atom stereocenters. The molecule has 0 unspecified atom stereocenters. The first kappa shape index (κ1) is 26.2. The smallest absolute Gasteiger partial charge is 0.162 e. The van der Waals surface area contributed by atoms with E-state index in [1.807, 2.05) is 0 Å². The molecule has 0 N–H and O–H groups in total. The van der Waals surface area contributed by atoms with Crippen LogP contribution in [0.2, 0.25) is 0 Å². The van der Waals surface area contributed by atoms with Gasteiger partial charge in [0.1, 0.15) is 5.82 Å². The fourth-order valence-electron chi connectivity index (χ4n) is 8.68. The zero-order valence-corrected chi connectivity index (χ0v) is 26.8. The van der Waals surface area contributed by atoms with Crippen molar-refractivity contribution in [2.75, 3.05) is 0 Å². The molecule has 0 aliphatic carbocycles. The van der Waals surface area contributed by atoms with Crippen LogP contribution in [0.5, 0.6) is 0 Å². The fraction of sp³-hybridized carbons (Fsp3) is 0. The third kappa shape index (κ3) is 3.30. The molecule has 0 radical (unpaired) electrons. The molecule has 0 aliphatic heterocycles. The minimum atomic E-state index is 0.721. The SMILES string of the molecule is c1ccc2cc3c(cc2c1)c1cc2c4ccccc4n4c5ccccc5c(c1n3-c1nc(-c3cccc5ccccc35)nc3ccccc13)c24. The summed E-state index contributed by atoms with van der Waals surface area (Å²) in [5.41, 5.74) is 7.95. The van der Waals surface area contributed by atoms with Crippen molar-refractivity contribution in [1.29, 1.82) is 0 Å². The molecular formula is C46H26N4. The molecule has 4 heteroatoms. The minimum Gasteiger partial charge on any atom is -0.308 e. The van der Waals surface area contributed by atoms with Crippen LogP contribution in [0.15, 0.2) is 158 Å². The highest BCUT2D eigenvalue weighted by molar-refractivity contribution is 6.34. The lowest BCUT2D eigenvalue weighted by Gasteiger charge is -2.14. The first-order chi connectivity index (χ1) is 24.8. The Labute approximate surface area is 285 Å². The second kappa shape index (κ2) is 9.43. The normalized spacial score (nSPS) is 12.4. The van der Waals surface area contributed by atoms with Gasteiger partial charge < -0.3 is 4.40 Å². The molecule has 4 nitrogen and oxygen atoms in total. The lowest BCUT2D eigenvalue weighted by Crippen LogP contribution is -2.03. The van der Waals surface area contributed by atoms with Crippen LogP contribution in [-0.2, 0) is 0 Å². The number of nitrogens with zero attached hydrogens (tertiary/aromatic N) is 4. The molecule has 4 aromatic heterocycles. The Balaban J connectivity index is 1.35. The molecular weight excluding hydrogens is 609 g/mol. The van der Waals surface area contributed by atoms with Crippen molar-refractivity contribution in [3.63, 3.8) is 0 Å². The molecule has 4 heterocycles. The first-order valence-corrected chi connectivity index (χ1v) is 17.1. The van der Waals surface area contributed by atoms with Gasteiger partial charge in [-0.25, -0.2) is 9.97 Å². The fourth-order valence-corrected chi connectivity index (χ4v) is 8.68. The van der Waals surface area contributed by atoms with E-state index in [0.29, 0.717) is 0 Å². The molecule has 0 saturated heterocycles. The van der Waals surface area contributed by atoms with Crippen LogP contribution in [0, 0.1) is 0 Å². The molecule has 0 spiro atoms. The van der Waals surface area contributed by atoms with Crippen LogP contribution < -0.4 is 0 Å². The van der Waals surface area contributed by atoms with E-state index in [9.17, 15) is 0 Å². The van der Waals surface area contributed by atoms with Crippen LogP contribution in [0.25, 0.3) is 110 Å². The van der Waals surface area contributed by atoms with Crippen molar-refractivity contribution >= 4 is 92.3 Å². The monoisotopic (exact) mass is 634 g/mol. The largest absolute Gasteiger partial charge is 0.308 e. The van der Waals surface area contributed by atoms with E-state index in [4.69, 9.17) is 9.97 Å². The van der Waals surface area contributed by atoms with Gasteiger partial charge in [-0.2, -0.15) is 0 Å². The molecule has 0 saturated carbocycles. The van der Waals surface area contributed by atoms with Crippen molar-refractivity contribution in [2.45, 2.75) is 0 Å². The van der Waals surface area contributed by atoms with Crippen molar-refractivity contribution in [2.24, 2.45) is 0 Å². The van der Waals surface area contributed by atoms with Gasteiger partial charge in [0.2, 0.25) is 0 Å². The number of hydrogen-bond donors (Lipinski definition) is 0. The van der Waals surface area contributed by atoms with Crippen LogP contribution in [0.1, 0.15) is 0 Å². The quantitative estimate of drug-likeness (QED) is 0.190. The number of rotatable bonds is 2. The van der Waals surface area contributed by atoms with Crippen molar-refractivity contribution < 1.29 is 0 Å². The van der Waals surface area contributed by atoms with E-state index in [2.05, 4.69) is 167 Å². The number of hydrogen-bond acceptors (Lipinski definition) is 2. The van der Waals surface area contributed by atoms with Crippen LogP contribution in [-0.4, -0.2) is 18.9 Å². The van der Waals surface area contributed by atoms with Gasteiger partial charge in [0.15, 0.2) is 5.82 Å². The number of aromatic nitrogens is 4. The molecule has 8 aromatic carbocycles. The summed E-state index contributed by atoms with van der Waals surface area (Å²) in [5, 5.41) is 13.2. The minimum absolute atomic E-state index is 0.721. The zero-order valence-electron chi connectivity index (χ0n) is 26.8. The van der Waals surface area contributed by atoms with Crippen LogP contribution in [0.4, 0.5) is 0 Å². The molecule has 0 fully saturated rings. The number of benzene rings is 8. The highest BCUT2D eigenvalue weighted by Gasteiger charge is 2.26. The van der Waals surface area contributed by atoms with Crippen LogP contribution >= 0.6 is 0 Å². The molecule has 0 aliphatic rings. The maximum Gasteiger partial charge on any atom is 0.162 e. The van der Waals surface area contributed by atoms with Gasteiger partial charge >= 0.3 is 0 Å². The van der Waals surface area contributed by atoms with E-state index in [-0.39, 0.29) is 0 Å². The van der Waals surface area contributed by atoms with Crippen LogP contribution in [0.3, 0.4) is 0 Å². The van der Waals surface area contributed by atoms with Gasteiger partial charge in [-0.3, -0.25) is 4.57 Å². The molecule has 12 rings (SSSR count). The van der Waals surface area contributed by atoms with E-state index in [0.717, 1.165) is 39.0 Å². The van der Waals surface area contributed by atoms with Crippen molar-refractivity contribution in [1.82, 2.24) is 18.9 Å². The van der Waals surface area contributed by atoms with E-state index < -0.39 is 0 Å². The first-order valence-electron chi connectivity index (χ1n) is 17.1. The van der Waals surface area contributed by atoms with Crippen molar-refractivity contribution in [3.8, 4) is 17.2 Å². The predicted octanol–water partition coefficient (Wildman–Crippen LogP) is 11.9. The predicted molar refractivity (Wildman–Crippen MR) is 209 cm³/mol. The lowest BCUT2D eigenvalue weighted by molar-refractivity contribution is 1.08. The van der Waals surface area contributed by atoms with E-state index in [1.165, 1.54) is 70.5 Å². The maximum atomic E-state index is 5.56. The van der Waals surface area contributed by atoms with Gasteiger partial charge in [-0.1, -0.05) is 115 Å². The topological polar surface area (TPSA) is 35.1 Å². The number of para-hydroxylation sites is 3. The highest BCUT2D eigenvalue weighted by atomic mass is 15.1. The zero-order chi connectivity index (χ0) is 32.5. The highest BCUT2D eigenvalue weighted by Crippen LogP contribution is 2.47. The molecule has 230 valence electrons. The van der Waals surface area contributed by atoms with Gasteiger partial charge in [0, 0.05) is 43.3 Å². The standard InChI is InChI=1S/C46H26N4/c1-2-14-29-25-41-35(24-28(29)13-1)37-26-36-31-17-6-9-22-39(31)49-40-23-10-7-19-34(40)42(43(36)49)44(37)50(41)46-33-18-5-8-21-38(33)47-45(48-46)32-20-11-15-27-12-3-4-16-30(27)32/h1-26H. The second-order valence-electron chi connectivity index (χ2n) is 13.4. The Morgan fingerprint density at radius 1 is 0.380 bits per heavy atom. The Hall–Kier alpha value is -6.78. The summed E-state index contributed by atoms with van der Waals surface area (Å²) in [6.07, 6.45) is 0. The Morgan fingerprint density at radius 3 is 1.84 bits per heavy atom. The molecule has 0 amide bonds. The second-order valence-corrected chi connectivity index (χ2v) is 13.4. The van der Waals surface area contributed by atoms with Gasteiger partial charge in [-0.15, -0.1) is 0 Å². The average molecular weight is 635 g/mol. The summed E-state index contributed by atoms with van der Waals surface area (Å²) in [4.78, 5) is 10.8. The lowest BCUT2D eigenvalue weighted by atomic mass is 10.0. The van der Waals surface area contributed by atoms with Gasteiger partial charge in [0.25, 0.3) is 0 Å². The Kier molecular flexibility index (Phi) is 4.94. The summed E-state index contributed by atoms with van der Waals surface area (Å²) in [5.74, 6) is 1.61. The summed E-state index contributed by atoms with van der Waals surface area (Å²) < 4.78 is 4.90. The molecule has 0 bridgehead atoms. The third-order valence-corrected chi connectivity index (χ3v) is 10.8. The van der Waals surface area contributed by atoms with Crippen molar-refractivity contribution in [3.05, 3.63) is 158 Å². The third-order valence-electron chi connectivity index (χ3n) is 10.8. The summed E-state index contributed by atoms with van der Waals surface area (Å²) >= 11 is 0. The van der Waals surface area contributed by atoms with Gasteiger partial charge in [0.05, 0.1) is 33.1 Å². The van der Waals surface area contributed by atoms with E-state index >= 15 is 0 Å². The maximum absolute atomic E-state index is 5.56. The Bertz CT molecular complexity index is 3380. The molecule has 12 aromatic rings. The van der Waals surface area contributed by atoms with E-state index in [1.54, 1.807) is 0 Å². The van der Waals surface area contributed by atoms with Gasteiger partial charge in [-0.05, 0) is 64.0 Å². The molecule has 50 heavy (non-hydrogen) atoms. The number of fused-ring (bicyclic) bond motifs is 13. The Morgan fingerprint density at radius 2 is 1.00 bits per heavy atom. The summed E-state index contributed by atoms with van der Waals surface area (Å²) in [6, 6.07) is 56.9. The average Bonchev–Trinajstić information content (AvgIpc) is 3.80.